The Morgan fingerprint density at radius 3 is 2.44 bits per heavy atom. The molecule has 1 atom stereocenters. The predicted molar refractivity (Wildman–Crippen MR) is 98.9 cm³/mol. The van der Waals surface area contributed by atoms with E-state index in [4.69, 9.17) is 0 Å². The van der Waals surface area contributed by atoms with E-state index < -0.39 is 10.0 Å². The van der Waals surface area contributed by atoms with Crippen LogP contribution in [0.25, 0.3) is 0 Å². The average molecular weight is 376 g/mol. The third-order valence-electron chi connectivity index (χ3n) is 4.52. The molecule has 1 saturated heterocycles. The van der Waals surface area contributed by atoms with Gasteiger partial charge in [-0.25, -0.2) is 8.42 Å². The summed E-state index contributed by atoms with van der Waals surface area (Å²) in [6.45, 7) is 5.70. The number of nitriles is 1. The smallest absolute Gasteiger partial charge is 0.243 e. The molecule has 132 valence electrons. The monoisotopic (exact) mass is 375 g/mol. The van der Waals surface area contributed by atoms with Crippen LogP contribution in [0.5, 0.6) is 0 Å². The quantitative estimate of drug-likeness (QED) is 0.824. The maximum absolute atomic E-state index is 12.9. The van der Waals surface area contributed by atoms with Crippen LogP contribution in [0, 0.1) is 25.2 Å². The van der Waals surface area contributed by atoms with Gasteiger partial charge >= 0.3 is 0 Å². The van der Waals surface area contributed by atoms with Crippen LogP contribution in [0.3, 0.4) is 0 Å². The first-order valence-electron chi connectivity index (χ1n) is 8.18. The van der Waals surface area contributed by atoms with Crippen molar-refractivity contribution in [3.8, 4) is 6.07 Å². The van der Waals surface area contributed by atoms with E-state index in [1.54, 1.807) is 17.4 Å². The van der Waals surface area contributed by atoms with E-state index in [1.807, 2.05) is 43.5 Å². The van der Waals surface area contributed by atoms with E-state index in [0.717, 1.165) is 16.0 Å². The van der Waals surface area contributed by atoms with Crippen molar-refractivity contribution < 1.29 is 8.42 Å². The van der Waals surface area contributed by atoms with Gasteiger partial charge in [-0.15, -0.1) is 11.3 Å². The molecule has 1 fully saturated rings. The number of hydrogen-bond donors (Lipinski definition) is 0. The highest BCUT2D eigenvalue weighted by Gasteiger charge is 2.32. The van der Waals surface area contributed by atoms with Crippen LogP contribution in [-0.4, -0.2) is 43.8 Å². The second-order valence-electron chi connectivity index (χ2n) is 6.26. The summed E-state index contributed by atoms with van der Waals surface area (Å²) < 4.78 is 27.4. The number of sulfonamides is 1. The Kier molecular flexibility index (Phi) is 5.25. The molecular formula is C18H21N3O2S2. The molecule has 0 amide bonds. The molecule has 1 aromatic heterocycles. The van der Waals surface area contributed by atoms with Gasteiger partial charge in [0.1, 0.15) is 6.04 Å². The van der Waals surface area contributed by atoms with E-state index in [-0.39, 0.29) is 6.04 Å². The summed E-state index contributed by atoms with van der Waals surface area (Å²) in [4.78, 5) is 3.44. The molecule has 5 nitrogen and oxygen atoms in total. The van der Waals surface area contributed by atoms with Gasteiger partial charge in [-0.3, -0.25) is 4.90 Å². The van der Waals surface area contributed by atoms with E-state index in [0.29, 0.717) is 31.1 Å². The molecule has 1 aliphatic rings. The molecule has 2 heterocycles. The Morgan fingerprint density at radius 2 is 1.88 bits per heavy atom. The molecule has 1 aromatic carbocycles. The largest absolute Gasteiger partial charge is 0.281 e. The molecule has 0 spiro atoms. The average Bonchev–Trinajstić information content (AvgIpc) is 3.10. The summed E-state index contributed by atoms with van der Waals surface area (Å²) in [5.74, 6) is 0. The zero-order valence-electron chi connectivity index (χ0n) is 14.3. The highest BCUT2D eigenvalue weighted by atomic mass is 32.2. The molecule has 0 bridgehead atoms. The van der Waals surface area contributed by atoms with Crippen molar-refractivity contribution in [2.45, 2.75) is 24.8 Å². The number of hydrogen-bond acceptors (Lipinski definition) is 5. The minimum absolute atomic E-state index is 0.300. The Morgan fingerprint density at radius 1 is 1.16 bits per heavy atom. The SMILES string of the molecule is Cc1ccc(S(=O)(=O)N2CCN(C(C#N)c3cccs3)CC2)c(C)c1. The lowest BCUT2D eigenvalue weighted by Crippen LogP contribution is -2.49. The van der Waals surface area contributed by atoms with E-state index >= 15 is 0 Å². The number of nitrogens with zero attached hydrogens (tertiary/aromatic N) is 3. The number of benzene rings is 1. The van der Waals surface area contributed by atoms with Gasteiger partial charge < -0.3 is 0 Å². The number of piperazine rings is 1. The molecule has 0 radical (unpaired) electrons. The van der Waals surface area contributed by atoms with Crippen molar-refractivity contribution in [3.05, 3.63) is 51.7 Å². The van der Waals surface area contributed by atoms with Gasteiger partial charge in [0.25, 0.3) is 0 Å². The molecule has 0 saturated carbocycles. The van der Waals surface area contributed by atoms with Crippen LogP contribution in [0.2, 0.25) is 0 Å². The second-order valence-corrected chi connectivity index (χ2v) is 9.14. The third-order valence-corrected chi connectivity index (χ3v) is 7.51. The van der Waals surface area contributed by atoms with Crippen molar-refractivity contribution in [2.24, 2.45) is 0 Å². The fourth-order valence-electron chi connectivity index (χ4n) is 3.20. The van der Waals surface area contributed by atoms with Crippen molar-refractivity contribution in [1.82, 2.24) is 9.21 Å². The molecule has 1 unspecified atom stereocenters. The van der Waals surface area contributed by atoms with Crippen LogP contribution < -0.4 is 0 Å². The molecular weight excluding hydrogens is 354 g/mol. The summed E-state index contributed by atoms with van der Waals surface area (Å²) in [7, 11) is -3.49. The van der Waals surface area contributed by atoms with Gasteiger partial charge in [0, 0.05) is 31.1 Å². The maximum atomic E-state index is 12.9. The van der Waals surface area contributed by atoms with Crippen LogP contribution >= 0.6 is 11.3 Å². The Bertz CT molecular complexity index is 878. The Labute approximate surface area is 153 Å². The van der Waals surface area contributed by atoms with Crippen LogP contribution in [0.4, 0.5) is 0 Å². The number of thiophene rings is 1. The van der Waals surface area contributed by atoms with Gasteiger partial charge in [-0.05, 0) is 36.9 Å². The molecule has 2 aromatic rings. The second kappa shape index (κ2) is 7.26. The predicted octanol–water partition coefficient (Wildman–Crippen LogP) is 2.94. The topological polar surface area (TPSA) is 64.4 Å². The third kappa shape index (κ3) is 3.62. The van der Waals surface area contributed by atoms with E-state index in [2.05, 4.69) is 11.0 Å². The zero-order chi connectivity index (χ0) is 18.0. The van der Waals surface area contributed by atoms with Crippen molar-refractivity contribution in [1.29, 1.82) is 5.26 Å². The van der Waals surface area contributed by atoms with Gasteiger partial charge in [0.2, 0.25) is 10.0 Å². The molecule has 0 aliphatic carbocycles. The first-order valence-corrected chi connectivity index (χ1v) is 10.5. The fourth-order valence-corrected chi connectivity index (χ4v) is 5.63. The lowest BCUT2D eigenvalue weighted by molar-refractivity contribution is 0.164. The van der Waals surface area contributed by atoms with Crippen LogP contribution in [0.15, 0.2) is 40.6 Å². The van der Waals surface area contributed by atoms with E-state index in [1.165, 1.54) is 4.31 Å². The molecule has 3 rings (SSSR count). The minimum atomic E-state index is -3.49. The lowest BCUT2D eigenvalue weighted by atomic mass is 10.2. The minimum Gasteiger partial charge on any atom is -0.281 e. The summed E-state index contributed by atoms with van der Waals surface area (Å²) >= 11 is 1.56. The summed E-state index contributed by atoms with van der Waals surface area (Å²) in [5, 5.41) is 11.5. The highest BCUT2D eigenvalue weighted by Crippen LogP contribution is 2.27. The van der Waals surface area contributed by atoms with E-state index in [9.17, 15) is 13.7 Å². The van der Waals surface area contributed by atoms with Crippen molar-refractivity contribution in [2.75, 3.05) is 26.2 Å². The van der Waals surface area contributed by atoms with Crippen LogP contribution in [-0.2, 0) is 10.0 Å². The number of rotatable bonds is 4. The maximum Gasteiger partial charge on any atom is 0.243 e. The van der Waals surface area contributed by atoms with Gasteiger partial charge in [0.05, 0.1) is 11.0 Å². The summed E-state index contributed by atoms with van der Waals surface area (Å²) in [5.41, 5.74) is 1.82. The Hall–Kier alpha value is -1.72. The molecule has 25 heavy (non-hydrogen) atoms. The van der Waals surface area contributed by atoms with Gasteiger partial charge in [-0.1, -0.05) is 23.8 Å². The standard InChI is InChI=1S/C18H21N3O2S2/c1-14-5-6-18(15(2)12-14)25(22,23)21-9-7-20(8-10-21)16(13-19)17-4-3-11-24-17/h3-6,11-12,16H,7-10H2,1-2H3. The first kappa shape index (κ1) is 18.1. The molecule has 1 aliphatic heterocycles. The number of aryl methyl sites for hydroxylation is 2. The van der Waals surface area contributed by atoms with Crippen molar-refractivity contribution >= 4 is 21.4 Å². The zero-order valence-corrected chi connectivity index (χ0v) is 16.0. The highest BCUT2D eigenvalue weighted by molar-refractivity contribution is 7.89. The normalized spacial score (nSPS) is 18.0. The van der Waals surface area contributed by atoms with Crippen molar-refractivity contribution in [3.63, 3.8) is 0 Å². The van der Waals surface area contributed by atoms with Gasteiger partial charge in [0.15, 0.2) is 0 Å². The molecule has 0 N–H and O–H groups in total. The fraction of sp³-hybridized carbons (Fsp3) is 0.389. The first-order chi connectivity index (χ1) is 11.9. The van der Waals surface area contributed by atoms with Gasteiger partial charge in [-0.2, -0.15) is 9.57 Å². The lowest BCUT2D eigenvalue weighted by Gasteiger charge is -2.36. The summed E-state index contributed by atoms with van der Waals surface area (Å²) in [6.07, 6.45) is 0. The Balaban J connectivity index is 1.74. The summed E-state index contributed by atoms with van der Waals surface area (Å²) in [6, 6.07) is 11.4. The van der Waals surface area contributed by atoms with Crippen LogP contribution in [0.1, 0.15) is 22.0 Å². The molecule has 7 heteroatoms.